The van der Waals surface area contributed by atoms with E-state index in [1.165, 1.54) is 0 Å². The minimum absolute atomic E-state index is 0.0132. The van der Waals surface area contributed by atoms with Gasteiger partial charge in [-0.2, -0.15) is 0 Å². The van der Waals surface area contributed by atoms with E-state index < -0.39 is 0 Å². The third-order valence-corrected chi connectivity index (χ3v) is 3.93. The van der Waals surface area contributed by atoms with Gasteiger partial charge in [0.05, 0.1) is 0 Å². The number of nitrogens with zero attached hydrogens (tertiary/aromatic N) is 1. The maximum atomic E-state index is 12.0. The SMILES string of the molecule is O=C(COc1ccc(Br)cc1)N1CCC(CO)CC1. The highest BCUT2D eigenvalue weighted by Crippen LogP contribution is 2.18. The molecule has 0 unspecified atom stereocenters. The molecule has 0 atom stereocenters. The lowest BCUT2D eigenvalue weighted by Gasteiger charge is -2.31. The average molecular weight is 328 g/mol. The molecule has 2 rings (SSSR count). The summed E-state index contributed by atoms with van der Waals surface area (Å²) in [7, 11) is 0. The molecule has 1 aromatic carbocycles. The Hall–Kier alpha value is -1.07. The summed E-state index contributed by atoms with van der Waals surface area (Å²) in [5, 5.41) is 9.06. The van der Waals surface area contributed by atoms with Crippen molar-refractivity contribution in [3.8, 4) is 5.75 Å². The largest absolute Gasteiger partial charge is 0.484 e. The summed E-state index contributed by atoms with van der Waals surface area (Å²) in [6.07, 6.45) is 1.75. The number of halogens is 1. The van der Waals surface area contributed by atoms with Crippen LogP contribution in [0.2, 0.25) is 0 Å². The van der Waals surface area contributed by atoms with Crippen molar-refractivity contribution >= 4 is 21.8 Å². The van der Waals surface area contributed by atoms with E-state index in [0.29, 0.717) is 24.8 Å². The first-order valence-electron chi connectivity index (χ1n) is 6.46. The first-order chi connectivity index (χ1) is 9.19. The predicted octanol–water partition coefficient (Wildman–Crippen LogP) is 2.06. The monoisotopic (exact) mass is 327 g/mol. The van der Waals surface area contributed by atoms with Crippen LogP contribution in [0.25, 0.3) is 0 Å². The Morgan fingerprint density at radius 2 is 1.95 bits per heavy atom. The number of ether oxygens (including phenoxy) is 1. The van der Waals surface area contributed by atoms with Gasteiger partial charge in [-0.3, -0.25) is 4.79 Å². The maximum Gasteiger partial charge on any atom is 0.260 e. The minimum atomic E-state index is 0.0132. The fraction of sp³-hybridized carbons (Fsp3) is 0.500. The highest BCUT2D eigenvalue weighted by molar-refractivity contribution is 9.10. The zero-order chi connectivity index (χ0) is 13.7. The minimum Gasteiger partial charge on any atom is -0.484 e. The third-order valence-electron chi connectivity index (χ3n) is 3.40. The smallest absolute Gasteiger partial charge is 0.260 e. The lowest BCUT2D eigenvalue weighted by molar-refractivity contribution is -0.134. The molecule has 0 aromatic heterocycles. The number of piperidine rings is 1. The Bertz CT molecular complexity index is 413. The van der Waals surface area contributed by atoms with E-state index in [2.05, 4.69) is 15.9 Å². The molecule has 0 radical (unpaired) electrons. The summed E-state index contributed by atoms with van der Waals surface area (Å²) in [5.74, 6) is 1.05. The van der Waals surface area contributed by atoms with Gasteiger partial charge in [0.2, 0.25) is 0 Å². The molecule has 0 saturated carbocycles. The normalized spacial score (nSPS) is 16.4. The predicted molar refractivity (Wildman–Crippen MR) is 76.0 cm³/mol. The van der Waals surface area contributed by atoms with Crippen LogP contribution in [0.15, 0.2) is 28.7 Å². The van der Waals surface area contributed by atoms with Crippen molar-refractivity contribution in [2.24, 2.45) is 5.92 Å². The van der Waals surface area contributed by atoms with Crippen molar-refractivity contribution < 1.29 is 14.6 Å². The zero-order valence-electron chi connectivity index (χ0n) is 10.7. The van der Waals surface area contributed by atoms with E-state index in [1.807, 2.05) is 29.2 Å². The number of aliphatic hydroxyl groups excluding tert-OH is 1. The molecule has 5 heteroatoms. The molecule has 0 aliphatic carbocycles. The average Bonchev–Trinajstić information content (AvgIpc) is 2.46. The van der Waals surface area contributed by atoms with Crippen molar-refractivity contribution in [3.05, 3.63) is 28.7 Å². The van der Waals surface area contributed by atoms with Crippen molar-refractivity contribution in [3.63, 3.8) is 0 Å². The molecule has 1 heterocycles. The highest BCUT2D eigenvalue weighted by atomic mass is 79.9. The summed E-state index contributed by atoms with van der Waals surface area (Å²) in [6, 6.07) is 7.42. The zero-order valence-corrected chi connectivity index (χ0v) is 12.3. The summed E-state index contributed by atoms with van der Waals surface area (Å²) in [5.41, 5.74) is 0. The van der Waals surface area contributed by atoms with Crippen LogP contribution in [0, 0.1) is 5.92 Å². The third kappa shape index (κ3) is 4.21. The quantitative estimate of drug-likeness (QED) is 0.920. The van der Waals surface area contributed by atoms with Crippen LogP contribution in [0.5, 0.6) is 5.75 Å². The lowest BCUT2D eigenvalue weighted by Crippen LogP contribution is -2.41. The lowest BCUT2D eigenvalue weighted by atomic mass is 9.98. The van der Waals surface area contributed by atoms with Gasteiger partial charge in [0.25, 0.3) is 5.91 Å². The van der Waals surface area contributed by atoms with E-state index in [-0.39, 0.29) is 19.1 Å². The molecule has 1 aromatic rings. The fourth-order valence-electron chi connectivity index (χ4n) is 2.13. The molecular weight excluding hydrogens is 310 g/mol. The molecule has 1 saturated heterocycles. The number of hydrogen-bond acceptors (Lipinski definition) is 3. The Morgan fingerprint density at radius 1 is 1.32 bits per heavy atom. The molecular formula is C14H18BrNO3. The Kier molecular flexibility index (Phi) is 5.22. The fourth-order valence-corrected chi connectivity index (χ4v) is 2.40. The molecule has 1 aliphatic heterocycles. The van der Waals surface area contributed by atoms with Crippen LogP contribution in [0.3, 0.4) is 0 Å². The van der Waals surface area contributed by atoms with Gasteiger partial charge in [-0.15, -0.1) is 0 Å². The van der Waals surface area contributed by atoms with Crippen LogP contribution < -0.4 is 4.74 Å². The maximum absolute atomic E-state index is 12.0. The van der Waals surface area contributed by atoms with Crippen molar-refractivity contribution in [1.82, 2.24) is 4.90 Å². The van der Waals surface area contributed by atoms with Gasteiger partial charge in [-0.25, -0.2) is 0 Å². The van der Waals surface area contributed by atoms with Crippen LogP contribution in [-0.4, -0.2) is 42.2 Å². The van der Waals surface area contributed by atoms with Gasteiger partial charge in [-0.1, -0.05) is 15.9 Å². The van der Waals surface area contributed by atoms with E-state index in [9.17, 15) is 4.79 Å². The van der Waals surface area contributed by atoms with Crippen LogP contribution in [-0.2, 0) is 4.79 Å². The second-order valence-corrected chi connectivity index (χ2v) is 5.67. The van der Waals surface area contributed by atoms with Crippen LogP contribution in [0.1, 0.15) is 12.8 Å². The van der Waals surface area contributed by atoms with E-state index >= 15 is 0 Å². The molecule has 0 spiro atoms. The van der Waals surface area contributed by atoms with Gasteiger partial charge < -0.3 is 14.7 Å². The van der Waals surface area contributed by atoms with Gasteiger partial charge in [-0.05, 0) is 43.0 Å². The van der Waals surface area contributed by atoms with Crippen LogP contribution >= 0.6 is 15.9 Å². The van der Waals surface area contributed by atoms with Gasteiger partial charge >= 0.3 is 0 Å². The first-order valence-corrected chi connectivity index (χ1v) is 7.25. The summed E-state index contributed by atoms with van der Waals surface area (Å²) < 4.78 is 6.45. The molecule has 104 valence electrons. The van der Waals surface area contributed by atoms with E-state index in [4.69, 9.17) is 9.84 Å². The number of hydrogen-bond donors (Lipinski definition) is 1. The van der Waals surface area contributed by atoms with Gasteiger partial charge in [0, 0.05) is 24.2 Å². The van der Waals surface area contributed by atoms with Gasteiger partial charge in [0.15, 0.2) is 6.61 Å². The molecule has 1 aliphatic rings. The number of carbonyl (C=O) groups excluding carboxylic acids is 1. The van der Waals surface area contributed by atoms with Crippen molar-refractivity contribution in [2.75, 3.05) is 26.3 Å². The first kappa shape index (κ1) is 14.3. The topological polar surface area (TPSA) is 49.8 Å². The van der Waals surface area contributed by atoms with Crippen molar-refractivity contribution in [1.29, 1.82) is 0 Å². The number of amides is 1. The Labute approximate surface area is 121 Å². The Morgan fingerprint density at radius 3 is 2.53 bits per heavy atom. The molecule has 1 amide bonds. The number of rotatable bonds is 4. The number of aliphatic hydroxyl groups is 1. The number of benzene rings is 1. The molecule has 19 heavy (non-hydrogen) atoms. The second-order valence-electron chi connectivity index (χ2n) is 4.75. The van der Waals surface area contributed by atoms with E-state index in [1.54, 1.807) is 0 Å². The molecule has 1 N–H and O–H groups in total. The summed E-state index contributed by atoms with van der Waals surface area (Å²) in [6.45, 7) is 1.73. The van der Waals surface area contributed by atoms with Crippen molar-refractivity contribution in [2.45, 2.75) is 12.8 Å². The number of likely N-dealkylation sites (tertiary alicyclic amines) is 1. The summed E-state index contributed by atoms with van der Waals surface area (Å²) >= 11 is 3.35. The molecule has 0 bridgehead atoms. The van der Waals surface area contributed by atoms with E-state index in [0.717, 1.165) is 17.3 Å². The number of carbonyl (C=O) groups is 1. The standard InChI is InChI=1S/C14H18BrNO3/c15-12-1-3-13(4-2-12)19-10-14(18)16-7-5-11(9-17)6-8-16/h1-4,11,17H,5-10H2. The molecule has 1 fully saturated rings. The Balaban J connectivity index is 1.77. The second kappa shape index (κ2) is 6.91. The summed E-state index contributed by atoms with van der Waals surface area (Å²) in [4.78, 5) is 13.8. The highest BCUT2D eigenvalue weighted by Gasteiger charge is 2.22. The van der Waals surface area contributed by atoms with Crippen LogP contribution in [0.4, 0.5) is 0 Å². The van der Waals surface area contributed by atoms with Gasteiger partial charge in [0.1, 0.15) is 5.75 Å². The molecule has 4 nitrogen and oxygen atoms in total.